The van der Waals surface area contributed by atoms with Crippen molar-refractivity contribution in [3.8, 4) is 11.3 Å². The fourth-order valence-electron chi connectivity index (χ4n) is 4.02. The number of methoxy groups -OCH3 is 1. The number of nitrogens with zero attached hydrogens (tertiary/aromatic N) is 2. The SMILES string of the molecule is CNCc1cc(-c2ccccc2F)n(S(=O)(=O)c2cccc(NS(=O)(=O)N3CC[C@H](OC)C3)c2)c1. The minimum atomic E-state index is -4.19. The van der Waals surface area contributed by atoms with Crippen LogP contribution >= 0.6 is 0 Å². The van der Waals surface area contributed by atoms with Gasteiger partial charge in [-0.25, -0.2) is 16.8 Å². The summed E-state index contributed by atoms with van der Waals surface area (Å²) >= 11 is 0. The molecule has 12 heteroatoms. The Labute approximate surface area is 204 Å². The van der Waals surface area contributed by atoms with E-state index in [0.717, 1.165) is 3.97 Å². The molecule has 1 atom stereocenters. The van der Waals surface area contributed by atoms with Crippen molar-refractivity contribution < 1.29 is 26.0 Å². The molecule has 3 aromatic rings. The number of anilines is 1. The molecule has 0 saturated carbocycles. The molecule has 0 spiro atoms. The number of benzene rings is 2. The molecule has 4 rings (SSSR count). The molecule has 1 aromatic heterocycles. The van der Waals surface area contributed by atoms with E-state index in [1.54, 1.807) is 19.2 Å². The molecule has 0 radical (unpaired) electrons. The third kappa shape index (κ3) is 5.26. The summed E-state index contributed by atoms with van der Waals surface area (Å²) in [7, 11) is -4.84. The zero-order chi connectivity index (χ0) is 25.2. The minimum Gasteiger partial charge on any atom is -0.380 e. The summed E-state index contributed by atoms with van der Waals surface area (Å²) in [6.07, 6.45) is 1.82. The maximum absolute atomic E-state index is 14.6. The van der Waals surface area contributed by atoms with E-state index in [1.165, 1.54) is 60.1 Å². The highest BCUT2D eigenvalue weighted by molar-refractivity contribution is 7.90. The molecule has 1 aliphatic rings. The van der Waals surface area contributed by atoms with Crippen LogP contribution < -0.4 is 10.0 Å². The van der Waals surface area contributed by atoms with E-state index in [0.29, 0.717) is 25.1 Å². The Hall–Kier alpha value is -2.77. The first kappa shape index (κ1) is 25.3. The number of aromatic nitrogens is 1. The van der Waals surface area contributed by atoms with Gasteiger partial charge in [0.05, 0.1) is 22.4 Å². The topological polar surface area (TPSA) is 110 Å². The van der Waals surface area contributed by atoms with Gasteiger partial charge in [0.25, 0.3) is 10.0 Å². The molecule has 2 heterocycles. The molecule has 1 aliphatic heterocycles. The molecule has 1 saturated heterocycles. The average Bonchev–Trinajstić information content (AvgIpc) is 3.48. The molecule has 1 fully saturated rings. The van der Waals surface area contributed by atoms with Crippen molar-refractivity contribution in [2.45, 2.75) is 24.0 Å². The zero-order valence-electron chi connectivity index (χ0n) is 19.3. The Morgan fingerprint density at radius 1 is 1.09 bits per heavy atom. The van der Waals surface area contributed by atoms with Crippen LogP contribution in [0, 0.1) is 5.82 Å². The van der Waals surface area contributed by atoms with Crippen molar-refractivity contribution in [1.29, 1.82) is 0 Å². The van der Waals surface area contributed by atoms with Gasteiger partial charge in [-0.1, -0.05) is 18.2 Å². The molecule has 2 aromatic carbocycles. The number of nitrogens with one attached hydrogen (secondary N) is 2. The van der Waals surface area contributed by atoms with Gasteiger partial charge in [-0.3, -0.25) is 4.72 Å². The van der Waals surface area contributed by atoms with E-state index >= 15 is 0 Å². The van der Waals surface area contributed by atoms with Crippen molar-refractivity contribution in [2.24, 2.45) is 0 Å². The summed E-state index contributed by atoms with van der Waals surface area (Å²) in [5.41, 5.74) is 1.05. The van der Waals surface area contributed by atoms with Gasteiger partial charge in [0.1, 0.15) is 5.82 Å². The summed E-state index contributed by atoms with van der Waals surface area (Å²) in [4.78, 5) is -0.141. The largest absolute Gasteiger partial charge is 0.380 e. The Bertz CT molecular complexity index is 1420. The van der Waals surface area contributed by atoms with Gasteiger partial charge in [0.15, 0.2) is 0 Å². The van der Waals surface area contributed by atoms with Gasteiger partial charge < -0.3 is 10.1 Å². The van der Waals surface area contributed by atoms with E-state index in [-0.39, 0.29) is 34.5 Å². The normalized spacial score (nSPS) is 17.1. The monoisotopic (exact) mass is 522 g/mol. The lowest BCUT2D eigenvalue weighted by Crippen LogP contribution is -2.35. The van der Waals surface area contributed by atoms with Crippen molar-refractivity contribution in [2.75, 3.05) is 32.0 Å². The van der Waals surface area contributed by atoms with E-state index in [1.807, 2.05) is 0 Å². The van der Waals surface area contributed by atoms with Crippen molar-refractivity contribution in [3.05, 3.63) is 72.2 Å². The van der Waals surface area contributed by atoms with Gasteiger partial charge in [0, 0.05) is 38.5 Å². The first-order valence-corrected chi connectivity index (χ1v) is 13.8. The maximum atomic E-state index is 14.6. The predicted octanol–water partition coefficient (Wildman–Crippen LogP) is 2.63. The van der Waals surface area contributed by atoms with Crippen LogP contribution in [-0.2, 0) is 31.5 Å². The second kappa shape index (κ2) is 10.1. The van der Waals surface area contributed by atoms with Crippen LogP contribution in [-0.4, -0.2) is 58.5 Å². The van der Waals surface area contributed by atoms with Gasteiger partial charge in [0.2, 0.25) is 0 Å². The molecule has 188 valence electrons. The zero-order valence-corrected chi connectivity index (χ0v) is 20.9. The summed E-state index contributed by atoms with van der Waals surface area (Å²) in [5, 5.41) is 2.96. The Morgan fingerprint density at radius 3 is 2.54 bits per heavy atom. The highest BCUT2D eigenvalue weighted by atomic mass is 32.2. The average molecular weight is 523 g/mol. The number of ether oxygens (including phenoxy) is 1. The van der Waals surface area contributed by atoms with Crippen LogP contribution in [0.5, 0.6) is 0 Å². The lowest BCUT2D eigenvalue weighted by atomic mass is 10.1. The fraction of sp³-hybridized carbons (Fsp3) is 0.304. The van der Waals surface area contributed by atoms with Gasteiger partial charge in [-0.05, 0) is 55.4 Å². The Kier molecular flexibility index (Phi) is 7.29. The standard InChI is InChI=1S/C23H27FN4O5S2/c1-25-14-17-12-23(21-8-3-4-9-22(21)24)28(15-17)34(29,30)20-7-5-6-18(13-20)26-35(31,32)27-11-10-19(16-27)33-2/h3-9,12-13,15,19,25-26H,10-11,14,16H2,1-2H3/t19-/m0/s1. The number of hydrogen-bond acceptors (Lipinski definition) is 6. The third-order valence-electron chi connectivity index (χ3n) is 5.79. The molecule has 2 N–H and O–H groups in total. The Morgan fingerprint density at radius 2 is 1.86 bits per heavy atom. The smallest absolute Gasteiger partial charge is 0.301 e. The second-order valence-corrected chi connectivity index (χ2v) is 11.7. The Balaban J connectivity index is 1.70. The van der Waals surface area contributed by atoms with Gasteiger partial charge in [-0.2, -0.15) is 12.7 Å². The summed E-state index contributed by atoms with van der Waals surface area (Å²) in [6, 6.07) is 13.1. The molecule has 35 heavy (non-hydrogen) atoms. The molecule has 9 nitrogen and oxygen atoms in total. The van der Waals surface area contributed by atoms with Crippen LogP contribution in [0.4, 0.5) is 10.1 Å². The van der Waals surface area contributed by atoms with Crippen molar-refractivity contribution in [1.82, 2.24) is 13.6 Å². The van der Waals surface area contributed by atoms with Gasteiger partial charge >= 0.3 is 10.2 Å². The molecule has 0 aliphatic carbocycles. The summed E-state index contributed by atoms with van der Waals surface area (Å²) < 4.78 is 77.4. The second-order valence-electron chi connectivity index (χ2n) is 8.18. The first-order chi connectivity index (χ1) is 16.7. The van der Waals surface area contributed by atoms with Crippen LogP contribution in [0.2, 0.25) is 0 Å². The molecule has 0 amide bonds. The third-order valence-corrected chi connectivity index (χ3v) is 8.97. The lowest BCUT2D eigenvalue weighted by Gasteiger charge is -2.18. The number of rotatable bonds is 9. The summed E-state index contributed by atoms with van der Waals surface area (Å²) in [6.45, 7) is 0.894. The fourth-order valence-corrected chi connectivity index (χ4v) is 6.72. The van der Waals surface area contributed by atoms with Crippen LogP contribution in [0.25, 0.3) is 11.3 Å². The van der Waals surface area contributed by atoms with E-state index in [4.69, 9.17) is 4.74 Å². The quantitative estimate of drug-likeness (QED) is 0.447. The van der Waals surface area contributed by atoms with E-state index < -0.39 is 26.0 Å². The maximum Gasteiger partial charge on any atom is 0.301 e. The predicted molar refractivity (Wildman–Crippen MR) is 131 cm³/mol. The van der Waals surface area contributed by atoms with Gasteiger partial charge in [-0.15, -0.1) is 0 Å². The highest BCUT2D eigenvalue weighted by Crippen LogP contribution is 2.30. The molecular weight excluding hydrogens is 495 g/mol. The van der Waals surface area contributed by atoms with Crippen molar-refractivity contribution in [3.63, 3.8) is 0 Å². The lowest BCUT2D eigenvalue weighted by molar-refractivity contribution is 0.115. The molecule has 0 bridgehead atoms. The van der Waals surface area contributed by atoms with Crippen LogP contribution in [0.3, 0.4) is 0 Å². The number of hydrogen-bond donors (Lipinski definition) is 2. The molecule has 0 unspecified atom stereocenters. The minimum absolute atomic E-state index is 0.0991. The number of halogens is 1. The van der Waals surface area contributed by atoms with E-state index in [2.05, 4.69) is 10.0 Å². The van der Waals surface area contributed by atoms with E-state index in [9.17, 15) is 21.2 Å². The highest BCUT2D eigenvalue weighted by Gasteiger charge is 2.32. The molecular formula is C23H27FN4O5S2. The van der Waals surface area contributed by atoms with Crippen LogP contribution in [0.1, 0.15) is 12.0 Å². The first-order valence-electron chi connectivity index (χ1n) is 10.9. The van der Waals surface area contributed by atoms with Crippen molar-refractivity contribution >= 4 is 25.9 Å². The van der Waals surface area contributed by atoms with Crippen LogP contribution in [0.15, 0.2) is 65.7 Å². The summed E-state index contributed by atoms with van der Waals surface area (Å²) in [5.74, 6) is -0.556.